The van der Waals surface area contributed by atoms with Crippen molar-refractivity contribution in [1.29, 1.82) is 0 Å². The van der Waals surface area contributed by atoms with Crippen molar-refractivity contribution in [3.8, 4) is 0 Å². The van der Waals surface area contributed by atoms with Gasteiger partial charge in [-0.3, -0.25) is 0 Å². The molecule has 0 fully saturated rings. The number of aliphatic hydroxyl groups excluding tert-OH is 1. The van der Waals surface area contributed by atoms with Gasteiger partial charge in [0.2, 0.25) is 0 Å². The molecule has 0 unspecified atom stereocenters. The summed E-state index contributed by atoms with van der Waals surface area (Å²) in [6, 6.07) is 7.14. The molecule has 1 aromatic rings. The number of benzene rings is 1. The van der Waals surface area contributed by atoms with Crippen LogP contribution in [0.5, 0.6) is 0 Å². The van der Waals surface area contributed by atoms with Crippen LogP contribution in [0.1, 0.15) is 5.56 Å². The average Bonchev–Trinajstić information content (AvgIpc) is 2.16. The van der Waals surface area contributed by atoms with E-state index in [4.69, 9.17) is 16.7 Å². The minimum absolute atomic E-state index is 0.197. The van der Waals surface area contributed by atoms with E-state index in [1.165, 1.54) is 7.11 Å². The molecule has 0 atom stereocenters. The van der Waals surface area contributed by atoms with Crippen LogP contribution in [-0.2, 0) is 4.84 Å². The summed E-state index contributed by atoms with van der Waals surface area (Å²) in [5, 5.41) is 13.2. The second-order valence-corrected chi connectivity index (χ2v) is 2.77. The summed E-state index contributed by atoms with van der Waals surface area (Å²) >= 11 is 5.89. The van der Waals surface area contributed by atoms with Crippen LogP contribution >= 0.6 is 11.6 Å². The van der Waals surface area contributed by atoms with Gasteiger partial charge in [0.05, 0.1) is 6.61 Å². The van der Waals surface area contributed by atoms with Gasteiger partial charge in [-0.2, -0.15) is 0 Å². The number of halogens is 1. The summed E-state index contributed by atoms with van der Waals surface area (Å²) < 4.78 is 0. The summed E-state index contributed by atoms with van der Waals surface area (Å²) in [5.41, 5.74) is 1.11. The number of hydrogen-bond donors (Lipinski definition) is 1. The van der Waals surface area contributed by atoms with Gasteiger partial charge in [0.1, 0.15) is 12.8 Å². The van der Waals surface area contributed by atoms with E-state index in [1.807, 2.05) is 12.1 Å². The third-order valence-corrected chi connectivity index (χ3v) is 1.87. The maximum atomic E-state index is 8.97. The molecular weight excluding hydrogens is 190 g/mol. The molecule has 1 aromatic carbocycles. The molecule has 0 aliphatic carbocycles. The van der Waals surface area contributed by atoms with Crippen molar-refractivity contribution in [2.75, 3.05) is 13.7 Å². The lowest BCUT2D eigenvalue weighted by Gasteiger charge is -2.03. The van der Waals surface area contributed by atoms with E-state index < -0.39 is 0 Å². The third kappa shape index (κ3) is 2.44. The molecule has 0 aliphatic heterocycles. The molecule has 0 heterocycles. The minimum atomic E-state index is -0.197. The Kier molecular flexibility index (Phi) is 3.73. The van der Waals surface area contributed by atoms with Crippen molar-refractivity contribution in [2.45, 2.75) is 0 Å². The molecule has 0 radical (unpaired) electrons. The Balaban J connectivity index is 3.05. The topological polar surface area (TPSA) is 41.8 Å². The van der Waals surface area contributed by atoms with E-state index in [-0.39, 0.29) is 6.61 Å². The first kappa shape index (κ1) is 10.0. The molecule has 0 saturated carbocycles. The van der Waals surface area contributed by atoms with Crippen LogP contribution in [0.15, 0.2) is 29.4 Å². The van der Waals surface area contributed by atoms with Crippen molar-refractivity contribution in [3.63, 3.8) is 0 Å². The van der Waals surface area contributed by atoms with Crippen molar-refractivity contribution in [1.82, 2.24) is 0 Å². The van der Waals surface area contributed by atoms with Crippen LogP contribution in [0.2, 0.25) is 5.02 Å². The lowest BCUT2D eigenvalue weighted by atomic mass is 10.1. The van der Waals surface area contributed by atoms with Crippen LogP contribution in [0.4, 0.5) is 0 Å². The standard InChI is InChI=1S/C9H10ClNO2/c1-13-11-9(6-12)7-4-2-3-5-8(7)10/h2-5,12H,6H2,1H3. The van der Waals surface area contributed by atoms with Crippen molar-refractivity contribution < 1.29 is 9.94 Å². The molecule has 0 aliphatic rings. The lowest BCUT2D eigenvalue weighted by molar-refractivity contribution is 0.209. The van der Waals surface area contributed by atoms with E-state index >= 15 is 0 Å². The van der Waals surface area contributed by atoms with Gasteiger partial charge in [-0.1, -0.05) is 35.0 Å². The molecule has 0 amide bonds. The van der Waals surface area contributed by atoms with Gasteiger partial charge in [0, 0.05) is 10.6 Å². The van der Waals surface area contributed by atoms with Gasteiger partial charge < -0.3 is 9.94 Å². The summed E-state index contributed by atoms with van der Waals surface area (Å²) in [5.74, 6) is 0. The quantitative estimate of drug-likeness (QED) is 0.595. The van der Waals surface area contributed by atoms with E-state index in [9.17, 15) is 0 Å². The summed E-state index contributed by atoms with van der Waals surface area (Å²) in [4.78, 5) is 4.57. The van der Waals surface area contributed by atoms with Gasteiger partial charge in [-0.25, -0.2) is 0 Å². The fourth-order valence-electron chi connectivity index (χ4n) is 0.969. The smallest absolute Gasteiger partial charge is 0.114 e. The molecule has 4 heteroatoms. The summed E-state index contributed by atoms with van der Waals surface area (Å²) in [7, 11) is 1.42. The zero-order chi connectivity index (χ0) is 9.68. The summed E-state index contributed by atoms with van der Waals surface area (Å²) in [6.45, 7) is -0.197. The monoisotopic (exact) mass is 199 g/mol. The first-order valence-corrected chi connectivity index (χ1v) is 4.13. The van der Waals surface area contributed by atoms with Crippen LogP contribution in [-0.4, -0.2) is 24.5 Å². The fraction of sp³-hybridized carbons (Fsp3) is 0.222. The molecule has 13 heavy (non-hydrogen) atoms. The molecule has 0 saturated heterocycles. The molecule has 1 N–H and O–H groups in total. The third-order valence-electron chi connectivity index (χ3n) is 1.54. The second kappa shape index (κ2) is 4.84. The zero-order valence-corrected chi connectivity index (χ0v) is 7.95. The molecule has 1 rings (SSSR count). The first-order chi connectivity index (χ1) is 6.29. The maximum absolute atomic E-state index is 8.97. The number of hydrogen-bond acceptors (Lipinski definition) is 3. The molecule has 0 aromatic heterocycles. The van der Waals surface area contributed by atoms with Gasteiger partial charge in [-0.05, 0) is 6.07 Å². The fourth-order valence-corrected chi connectivity index (χ4v) is 1.21. The van der Waals surface area contributed by atoms with E-state index in [0.717, 1.165) is 0 Å². The van der Waals surface area contributed by atoms with Crippen LogP contribution < -0.4 is 0 Å². The predicted molar refractivity (Wildman–Crippen MR) is 52.1 cm³/mol. The Labute approximate surface area is 81.6 Å². The molecule has 0 bridgehead atoms. The molecule has 0 spiro atoms. The van der Waals surface area contributed by atoms with Crippen molar-refractivity contribution in [3.05, 3.63) is 34.9 Å². The Morgan fingerprint density at radius 1 is 1.54 bits per heavy atom. The minimum Gasteiger partial charge on any atom is -0.399 e. The lowest BCUT2D eigenvalue weighted by Crippen LogP contribution is -2.07. The highest BCUT2D eigenvalue weighted by atomic mass is 35.5. The second-order valence-electron chi connectivity index (χ2n) is 2.36. The van der Waals surface area contributed by atoms with Gasteiger partial charge in [0.15, 0.2) is 0 Å². The van der Waals surface area contributed by atoms with E-state index in [2.05, 4.69) is 9.99 Å². The van der Waals surface area contributed by atoms with Crippen molar-refractivity contribution in [2.24, 2.45) is 5.16 Å². The summed E-state index contributed by atoms with van der Waals surface area (Å²) in [6.07, 6.45) is 0. The van der Waals surface area contributed by atoms with Crippen LogP contribution in [0, 0.1) is 0 Å². The molecule has 3 nitrogen and oxygen atoms in total. The predicted octanol–water partition coefficient (Wildman–Crippen LogP) is 1.68. The van der Waals surface area contributed by atoms with Gasteiger partial charge in [0.25, 0.3) is 0 Å². The average molecular weight is 200 g/mol. The number of rotatable bonds is 3. The number of nitrogens with zero attached hydrogens (tertiary/aromatic N) is 1. The van der Waals surface area contributed by atoms with E-state index in [0.29, 0.717) is 16.3 Å². The number of aliphatic hydroxyl groups is 1. The highest BCUT2D eigenvalue weighted by molar-refractivity contribution is 6.34. The maximum Gasteiger partial charge on any atom is 0.114 e. The van der Waals surface area contributed by atoms with Gasteiger partial charge in [-0.15, -0.1) is 0 Å². The first-order valence-electron chi connectivity index (χ1n) is 3.75. The van der Waals surface area contributed by atoms with Crippen LogP contribution in [0.3, 0.4) is 0 Å². The van der Waals surface area contributed by atoms with Gasteiger partial charge >= 0.3 is 0 Å². The SMILES string of the molecule is CON=C(CO)c1ccccc1Cl. The Hall–Kier alpha value is -1.06. The van der Waals surface area contributed by atoms with Crippen molar-refractivity contribution >= 4 is 17.3 Å². The Bertz CT molecular complexity index is 312. The highest BCUT2D eigenvalue weighted by Gasteiger charge is 2.06. The number of oxime groups is 1. The molecular formula is C9H10ClNO2. The van der Waals surface area contributed by atoms with Crippen LogP contribution in [0.25, 0.3) is 0 Å². The van der Waals surface area contributed by atoms with E-state index in [1.54, 1.807) is 12.1 Å². The molecule has 70 valence electrons. The zero-order valence-electron chi connectivity index (χ0n) is 7.20. The highest BCUT2D eigenvalue weighted by Crippen LogP contribution is 2.15. The Morgan fingerprint density at radius 3 is 2.77 bits per heavy atom. The Morgan fingerprint density at radius 2 is 2.23 bits per heavy atom. The normalized spacial score (nSPS) is 11.5. The largest absolute Gasteiger partial charge is 0.399 e.